The summed E-state index contributed by atoms with van der Waals surface area (Å²) in [7, 11) is 0. The molecule has 1 fully saturated rings. The number of ether oxygens (including phenoxy) is 1. The summed E-state index contributed by atoms with van der Waals surface area (Å²) < 4.78 is 18.4. The van der Waals surface area contributed by atoms with E-state index in [2.05, 4.69) is 0 Å². The Morgan fingerprint density at radius 3 is 2.82 bits per heavy atom. The van der Waals surface area contributed by atoms with Crippen LogP contribution >= 0.6 is 11.6 Å². The van der Waals surface area contributed by atoms with Gasteiger partial charge in [0.05, 0.1) is 13.2 Å². The lowest BCUT2D eigenvalue weighted by molar-refractivity contribution is -0.136. The first-order valence-electron chi connectivity index (χ1n) is 5.41. The maximum absolute atomic E-state index is 12.8. The molecule has 0 saturated carbocycles. The van der Waals surface area contributed by atoms with E-state index >= 15 is 0 Å². The summed E-state index contributed by atoms with van der Waals surface area (Å²) in [6.07, 6.45) is -0.198. The van der Waals surface area contributed by atoms with E-state index in [9.17, 15) is 9.18 Å². The molecule has 0 bridgehead atoms. The fourth-order valence-corrected chi connectivity index (χ4v) is 2.01. The van der Waals surface area contributed by atoms with Crippen molar-refractivity contribution in [2.45, 2.75) is 6.10 Å². The van der Waals surface area contributed by atoms with Crippen LogP contribution in [0.25, 0.3) is 0 Å². The summed E-state index contributed by atoms with van der Waals surface area (Å²) in [6, 6.07) is 6.13. The van der Waals surface area contributed by atoms with Gasteiger partial charge >= 0.3 is 0 Å². The smallest absolute Gasteiger partial charge is 0.237 e. The molecule has 1 amide bonds. The number of hydrogen-bond acceptors (Lipinski definition) is 2. The minimum absolute atomic E-state index is 0.0177. The van der Waals surface area contributed by atoms with Gasteiger partial charge < -0.3 is 9.64 Å². The van der Waals surface area contributed by atoms with Crippen molar-refractivity contribution in [1.29, 1.82) is 0 Å². The third kappa shape index (κ3) is 2.96. The Balaban J connectivity index is 2.06. The highest BCUT2D eigenvalue weighted by molar-refractivity contribution is 6.27. The minimum atomic E-state index is -0.279. The van der Waals surface area contributed by atoms with Crippen LogP contribution in [0.1, 0.15) is 11.7 Å². The number of halogens is 2. The Labute approximate surface area is 104 Å². The van der Waals surface area contributed by atoms with Crippen LogP contribution in [0.3, 0.4) is 0 Å². The van der Waals surface area contributed by atoms with E-state index in [0.717, 1.165) is 5.56 Å². The number of hydrogen-bond donors (Lipinski definition) is 0. The van der Waals surface area contributed by atoms with Crippen LogP contribution in [-0.2, 0) is 9.53 Å². The topological polar surface area (TPSA) is 29.5 Å². The average molecular weight is 258 g/mol. The normalized spacial score (nSPS) is 20.4. The Hall–Kier alpha value is -1.13. The van der Waals surface area contributed by atoms with E-state index in [1.165, 1.54) is 12.1 Å². The first-order valence-corrected chi connectivity index (χ1v) is 5.95. The van der Waals surface area contributed by atoms with Crippen molar-refractivity contribution < 1.29 is 13.9 Å². The predicted octanol–water partition coefficient (Wildman–Crippen LogP) is 1.96. The summed E-state index contributed by atoms with van der Waals surface area (Å²) in [5.74, 6) is -0.392. The Kier molecular flexibility index (Phi) is 3.97. The Morgan fingerprint density at radius 2 is 2.18 bits per heavy atom. The molecule has 1 aromatic rings. The molecule has 0 spiro atoms. The van der Waals surface area contributed by atoms with E-state index in [4.69, 9.17) is 16.3 Å². The molecule has 1 heterocycles. The number of benzene rings is 1. The highest BCUT2D eigenvalue weighted by Crippen LogP contribution is 2.22. The maximum atomic E-state index is 12.8. The molecule has 0 aliphatic carbocycles. The number of carbonyl (C=O) groups is 1. The molecular formula is C12H13ClFNO2. The highest BCUT2D eigenvalue weighted by Gasteiger charge is 2.24. The second-order valence-electron chi connectivity index (χ2n) is 3.88. The van der Waals surface area contributed by atoms with Gasteiger partial charge in [0.1, 0.15) is 17.8 Å². The van der Waals surface area contributed by atoms with Crippen LogP contribution in [0.15, 0.2) is 24.3 Å². The van der Waals surface area contributed by atoms with Gasteiger partial charge in [-0.25, -0.2) is 4.39 Å². The van der Waals surface area contributed by atoms with Crippen LogP contribution in [0, 0.1) is 5.82 Å². The molecule has 3 nitrogen and oxygen atoms in total. The zero-order valence-corrected chi connectivity index (χ0v) is 9.99. The van der Waals surface area contributed by atoms with Crippen molar-refractivity contribution in [2.24, 2.45) is 0 Å². The Bertz CT molecular complexity index is 396. The van der Waals surface area contributed by atoms with Crippen molar-refractivity contribution in [3.8, 4) is 0 Å². The van der Waals surface area contributed by atoms with E-state index in [1.807, 2.05) is 0 Å². The van der Waals surface area contributed by atoms with Gasteiger partial charge in [0.25, 0.3) is 0 Å². The number of carbonyl (C=O) groups excluding carboxylic acids is 1. The molecule has 1 aromatic carbocycles. The van der Waals surface area contributed by atoms with Gasteiger partial charge in [-0.1, -0.05) is 12.1 Å². The predicted molar refractivity (Wildman–Crippen MR) is 62.4 cm³/mol. The summed E-state index contributed by atoms with van der Waals surface area (Å²) in [4.78, 5) is 13.1. The monoisotopic (exact) mass is 257 g/mol. The number of nitrogens with zero attached hydrogens (tertiary/aromatic N) is 1. The largest absolute Gasteiger partial charge is 0.370 e. The quantitative estimate of drug-likeness (QED) is 0.758. The van der Waals surface area contributed by atoms with E-state index in [0.29, 0.717) is 19.7 Å². The Morgan fingerprint density at radius 1 is 1.47 bits per heavy atom. The van der Waals surface area contributed by atoms with Gasteiger partial charge in [0, 0.05) is 6.54 Å². The standard InChI is InChI=1S/C12H13ClFNO2/c13-7-12(16)15-5-6-17-11(8-15)9-1-3-10(14)4-2-9/h1-4,11H,5-8H2/t11-/m1/s1. The van der Waals surface area contributed by atoms with Crippen LogP contribution < -0.4 is 0 Å². The lowest BCUT2D eigenvalue weighted by Gasteiger charge is -2.32. The van der Waals surface area contributed by atoms with E-state index in [1.54, 1.807) is 17.0 Å². The molecule has 1 saturated heterocycles. The zero-order valence-electron chi connectivity index (χ0n) is 9.23. The highest BCUT2D eigenvalue weighted by atomic mass is 35.5. The summed E-state index contributed by atoms with van der Waals surface area (Å²) in [5, 5.41) is 0. The lowest BCUT2D eigenvalue weighted by atomic mass is 10.1. The lowest BCUT2D eigenvalue weighted by Crippen LogP contribution is -2.42. The molecule has 2 rings (SSSR count). The zero-order chi connectivity index (χ0) is 12.3. The van der Waals surface area contributed by atoms with Crippen LogP contribution in [0.5, 0.6) is 0 Å². The fourth-order valence-electron chi connectivity index (χ4n) is 1.84. The van der Waals surface area contributed by atoms with Crippen LogP contribution in [0.4, 0.5) is 4.39 Å². The van der Waals surface area contributed by atoms with Gasteiger partial charge in [0.2, 0.25) is 5.91 Å². The molecule has 92 valence electrons. The molecular weight excluding hydrogens is 245 g/mol. The molecule has 5 heteroatoms. The van der Waals surface area contributed by atoms with E-state index < -0.39 is 0 Å². The van der Waals surface area contributed by atoms with Crippen molar-refractivity contribution >= 4 is 17.5 Å². The maximum Gasteiger partial charge on any atom is 0.237 e. The number of amides is 1. The van der Waals surface area contributed by atoms with Gasteiger partial charge in [-0.2, -0.15) is 0 Å². The van der Waals surface area contributed by atoms with Crippen molar-refractivity contribution in [1.82, 2.24) is 4.90 Å². The SMILES string of the molecule is O=C(CCl)N1CCO[C@@H](c2ccc(F)cc2)C1. The molecule has 17 heavy (non-hydrogen) atoms. The molecule has 0 N–H and O–H groups in total. The number of rotatable bonds is 2. The van der Waals surface area contributed by atoms with Crippen molar-refractivity contribution in [2.75, 3.05) is 25.6 Å². The van der Waals surface area contributed by atoms with Crippen LogP contribution in [-0.4, -0.2) is 36.4 Å². The molecule has 1 aliphatic rings. The summed E-state index contributed by atoms with van der Waals surface area (Å²) in [6.45, 7) is 1.51. The first-order chi connectivity index (χ1) is 8.20. The van der Waals surface area contributed by atoms with E-state index in [-0.39, 0.29) is 23.7 Å². The third-order valence-electron chi connectivity index (χ3n) is 2.78. The average Bonchev–Trinajstić information content (AvgIpc) is 2.39. The van der Waals surface area contributed by atoms with Crippen LogP contribution in [0.2, 0.25) is 0 Å². The van der Waals surface area contributed by atoms with Gasteiger partial charge in [-0.15, -0.1) is 11.6 Å². The van der Waals surface area contributed by atoms with Gasteiger partial charge in [-0.05, 0) is 17.7 Å². The molecule has 0 radical (unpaired) electrons. The third-order valence-corrected chi connectivity index (χ3v) is 3.00. The summed E-state index contributed by atoms with van der Waals surface area (Å²) in [5.41, 5.74) is 0.874. The molecule has 0 aromatic heterocycles. The molecule has 0 unspecified atom stereocenters. The minimum Gasteiger partial charge on any atom is -0.370 e. The summed E-state index contributed by atoms with van der Waals surface area (Å²) >= 11 is 5.52. The van der Waals surface area contributed by atoms with Gasteiger partial charge in [0.15, 0.2) is 0 Å². The van der Waals surface area contributed by atoms with Crippen molar-refractivity contribution in [3.63, 3.8) is 0 Å². The second-order valence-corrected chi connectivity index (χ2v) is 4.15. The van der Waals surface area contributed by atoms with Gasteiger partial charge in [-0.3, -0.25) is 4.79 Å². The molecule has 1 aliphatic heterocycles. The molecule has 1 atom stereocenters. The first kappa shape index (κ1) is 12.3. The number of alkyl halides is 1. The number of morpholine rings is 1. The fraction of sp³-hybridized carbons (Fsp3) is 0.417. The second kappa shape index (κ2) is 5.47. The van der Waals surface area contributed by atoms with Crippen molar-refractivity contribution in [3.05, 3.63) is 35.6 Å².